The van der Waals surface area contributed by atoms with Crippen LogP contribution >= 0.6 is 0 Å². The lowest BCUT2D eigenvalue weighted by atomic mass is 9.99. The highest BCUT2D eigenvalue weighted by Crippen LogP contribution is 2.21. The molecule has 0 atom stereocenters. The Hall–Kier alpha value is -2.22. The normalized spacial score (nSPS) is 9.40. The summed E-state index contributed by atoms with van der Waals surface area (Å²) in [5, 5.41) is 19.3. The molecule has 5 nitrogen and oxygen atoms in total. The highest BCUT2D eigenvalue weighted by atomic mass is 16.6. The van der Waals surface area contributed by atoms with Crippen LogP contribution in [0.25, 0.3) is 0 Å². The molecule has 15 heavy (non-hydrogen) atoms. The van der Waals surface area contributed by atoms with E-state index in [1.165, 1.54) is 13.0 Å². The molecule has 0 aliphatic heterocycles. The average Bonchev–Trinajstić information content (AvgIpc) is 2.16. The smallest absolute Gasteiger partial charge is 0.270 e. The third-order valence-corrected chi connectivity index (χ3v) is 2.02. The zero-order chi connectivity index (χ0) is 11.6. The number of nitro benzene ring substituents is 1. The van der Waals surface area contributed by atoms with E-state index in [-0.39, 0.29) is 22.6 Å². The molecule has 0 aliphatic rings. The van der Waals surface area contributed by atoms with Crippen LogP contribution < -0.4 is 0 Å². The van der Waals surface area contributed by atoms with Crippen LogP contribution in [0.15, 0.2) is 12.1 Å². The van der Waals surface area contributed by atoms with Crippen molar-refractivity contribution in [3.63, 3.8) is 0 Å². The van der Waals surface area contributed by atoms with Gasteiger partial charge in [-0.15, -0.1) is 0 Å². The lowest BCUT2D eigenvalue weighted by molar-refractivity contribution is -0.384. The Morgan fingerprint density at radius 2 is 2.13 bits per heavy atom. The zero-order valence-electron chi connectivity index (χ0n) is 8.27. The molecule has 0 bridgehead atoms. The van der Waals surface area contributed by atoms with Crippen molar-refractivity contribution in [1.82, 2.24) is 0 Å². The van der Waals surface area contributed by atoms with Crippen LogP contribution in [0, 0.1) is 28.4 Å². The van der Waals surface area contributed by atoms with E-state index >= 15 is 0 Å². The van der Waals surface area contributed by atoms with Gasteiger partial charge in [0.1, 0.15) is 6.07 Å². The molecular formula is C10H8N2O3. The highest BCUT2D eigenvalue weighted by Gasteiger charge is 2.16. The van der Waals surface area contributed by atoms with E-state index in [1.54, 1.807) is 6.92 Å². The number of nitriles is 1. The Bertz CT molecular complexity index is 486. The van der Waals surface area contributed by atoms with E-state index < -0.39 is 4.92 Å². The molecule has 1 aromatic carbocycles. The molecule has 5 heteroatoms. The van der Waals surface area contributed by atoms with E-state index in [9.17, 15) is 14.9 Å². The quantitative estimate of drug-likeness (QED) is 0.418. The maximum absolute atomic E-state index is 11.2. The Balaban J connectivity index is 3.54. The van der Waals surface area contributed by atoms with E-state index in [1.807, 2.05) is 6.07 Å². The number of benzene rings is 1. The largest absolute Gasteiger partial charge is 0.294 e. The number of ketones is 1. The Morgan fingerprint density at radius 1 is 1.53 bits per heavy atom. The molecule has 0 unspecified atom stereocenters. The summed E-state index contributed by atoms with van der Waals surface area (Å²) in [5.41, 5.74) is 0.575. The number of rotatable bonds is 2. The number of non-ortho nitro benzene ring substituents is 1. The maximum Gasteiger partial charge on any atom is 0.270 e. The van der Waals surface area contributed by atoms with Crippen LogP contribution in [-0.4, -0.2) is 10.7 Å². The molecule has 0 saturated carbocycles. The summed E-state index contributed by atoms with van der Waals surface area (Å²) >= 11 is 0. The van der Waals surface area contributed by atoms with E-state index in [0.29, 0.717) is 5.56 Å². The Morgan fingerprint density at radius 3 is 2.53 bits per heavy atom. The molecule has 0 fully saturated rings. The van der Waals surface area contributed by atoms with Gasteiger partial charge >= 0.3 is 0 Å². The summed E-state index contributed by atoms with van der Waals surface area (Å²) in [6.07, 6.45) is 0. The predicted molar refractivity (Wildman–Crippen MR) is 52.6 cm³/mol. The number of carbonyl (C=O) groups is 1. The van der Waals surface area contributed by atoms with Crippen LogP contribution in [0.4, 0.5) is 5.69 Å². The first kappa shape index (κ1) is 10.9. The summed E-state index contributed by atoms with van der Waals surface area (Å²) < 4.78 is 0. The van der Waals surface area contributed by atoms with E-state index in [4.69, 9.17) is 5.26 Å². The standard InChI is InChI=1S/C10H8N2O3/c1-6-3-8(12(14)15)4-9(7(2)13)10(6)5-11/h3-4H,1-2H3. The highest BCUT2D eigenvalue weighted by molar-refractivity contribution is 5.97. The van der Waals surface area contributed by atoms with Gasteiger partial charge in [-0.2, -0.15) is 5.26 Å². The molecule has 1 rings (SSSR count). The number of nitrogens with zero attached hydrogens (tertiary/aromatic N) is 2. The van der Waals surface area contributed by atoms with Crippen LogP contribution in [0.1, 0.15) is 28.4 Å². The summed E-state index contributed by atoms with van der Waals surface area (Å²) in [6.45, 7) is 2.84. The monoisotopic (exact) mass is 204 g/mol. The SMILES string of the molecule is CC(=O)c1cc([N+](=O)[O-])cc(C)c1C#N. The number of hydrogen-bond donors (Lipinski definition) is 0. The van der Waals surface area contributed by atoms with Gasteiger partial charge in [-0.1, -0.05) is 0 Å². The molecule has 0 radical (unpaired) electrons. The van der Waals surface area contributed by atoms with Gasteiger partial charge in [0.2, 0.25) is 0 Å². The Labute approximate surface area is 86.1 Å². The van der Waals surface area contributed by atoms with Gasteiger partial charge in [-0.05, 0) is 19.4 Å². The van der Waals surface area contributed by atoms with Gasteiger partial charge in [-0.3, -0.25) is 14.9 Å². The molecule has 0 spiro atoms. The van der Waals surface area contributed by atoms with Crippen molar-refractivity contribution in [1.29, 1.82) is 5.26 Å². The summed E-state index contributed by atoms with van der Waals surface area (Å²) in [7, 11) is 0. The van der Waals surface area contributed by atoms with Crippen molar-refractivity contribution in [2.24, 2.45) is 0 Å². The predicted octanol–water partition coefficient (Wildman–Crippen LogP) is 1.98. The molecule has 0 N–H and O–H groups in total. The molecule has 0 saturated heterocycles. The number of Topliss-reactive ketones (excluding diaryl/α,β-unsaturated/α-hetero) is 1. The van der Waals surface area contributed by atoms with E-state index in [0.717, 1.165) is 6.07 Å². The van der Waals surface area contributed by atoms with Crippen molar-refractivity contribution >= 4 is 11.5 Å². The fourth-order valence-corrected chi connectivity index (χ4v) is 1.30. The van der Waals surface area contributed by atoms with Crippen molar-refractivity contribution < 1.29 is 9.72 Å². The van der Waals surface area contributed by atoms with Gasteiger partial charge in [0, 0.05) is 17.7 Å². The van der Waals surface area contributed by atoms with Gasteiger partial charge in [0.15, 0.2) is 5.78 Å². The summed E-state index contributed by atoms with van der Waals surface area (Å²) in [5.74, 6) is -0.349. The van der Waals surface area contributed by atoms with Crippen LogP contribution in [0.3, 0.4) is 0 Å². The molecule has 0 heterocycles. The lowest BCUT2D eigenvalue weighted by Gasteiger charge is -2.02. The number of carbonyl (C=O) groups excluding carboxylic acids is 1. The number of aryl methyl sites for hydroxylation is 1. The zero-order valence-corrected chi connectivity index (χ0v) is 8.27. The topological polar surface area (TPSA) is 84.0 Å². The van der Waals surface area contributed by atoms with Crippen LogP contribution in [0.5, 0.6) is 0 Å². The molecular weight excluding hydrogens is 196 g/mol. The fourth-order valence-electron chi connectivity index (χ4n) is 1.30. The fraction of sp³-hybridized carbons (Fsp3) is 0.200. The second kappa shape index (κ2) is 3.88. The van der Waals surface area contributed by atoms with Crippen LogP contribution in [-0.2, 0) is 0 Å². The first-order valence-electron chi connectivity index (χ1n) is 4.17. The minimum Gasteiger partial charge on any atom is -0.294 e. The first-order valence-corrected chi connectivity index (χ1v) is 4.17. The third-order valence-electron chi connectivity index (χ3n) is 2.02. The van der Waals surface area contributed by atoms with Gasteiger partial charge in [0.05, 0.1) is 10.5 Å². The third kappa shape index (κ3) is 1.99. The van der Waals surface area contributed by atoms with Crippen LogP contribution in [0.2, 0.25) is 0 Å². The number of nitro groups is 1. The molecule has 0 amide bonds. The minimum atomic E-state index is -0.583. The van der Waals surface area contributed by atoms with Gasteiger partial charge in [-0.25, -0.2) is 0 Å². The molecule has 0 aliphatic carbocycles. The van der Waals surface area contributed by atoms with Gasteiger partial charge in [0.25, 0.3) is 5.69 Å². The van der Waals surface area contributed by atoms with Gasteiger partial charge < -0.3 is 0 Å². The number of hydrogen-bond acceptors (Lipinski definition) is 4. The van der Waals surface area contributed by atoms with E-state index in [2.05, 4.69) is 0 Å². The molecule has 0 aromatic heterocycles. The lowest BCUT2D eigenvalue weighted by Crippen LogP contribution is -2.01. The summed E-state index contributed by atoms with van der Waals surface area (Å²) in [6, 6.07) is 4.28. The van der Waals surface area contributed by atoms with Crippen molar-refractivity contribution in [3.8, 4) is 6.07 Å². The average molecular weight is 204 g/mol. The first-order chi connectivity index (χ1) is 6.97. The maximum atomic E-state index is 11.2. The van der Waals surface area contributed by atoms with Crippen molar-refractivity contribution in [2.45, 2.75) is 13.8 Å². The second-order valence-electron chi connectivity index (χ2n) is 3.11. The molecule has 76 valence electrons. The Kier molecular flexibility index (Phi) is 2.81. The van der Waals surface area contributed by atoms with Crippen molar-refractivity contribution in [2.75, 3.05) is 0 Å². The van der Waals surface area contributed by atoms with Crippen molar-refractivity contribution in [3.05, 3.63) is 38.9 Å². The summed E-state index contributed by atoms with van der Waals surface area (Å²) in [4.78, 5) is 21.1. The molecule has 1 aromatic rings. The second-order valence-corrected chi connectivity index (χ2v) is 3.11. The minimum absolute atomic E-state index is 0.101.